The lowest BCUT2D eigenvalue weighted by Gasteiger charge is -2.18. The highest BCUT2D eigenvalue weighted by molar-refractivity contribution is 7.99. The number of hydrogen-bond acceptors (Lipinski definition) is 4. The van der Waals surface area contributed by atoms with Crippen molar-refractivity contribution in [1.29, 1.82) is 0 Å². The van der Waals surface area contributed by atoms with Crippen molar-refractivity contribution in [3.8, 4) is 0 Å². The molecular formula is C10H13N3O2S2. The topological polar surface area (TPSA) is 84.5 Å². The number of nitrogens with two attached hydrogens (primary N) is 1. The number of benzene rings is 1. The van der Waals surface area contributed by atoms with E-state index in [0.29, 0.717) is 11.3 Å². The third-order valence-corrected chi connectivity index (χ3v) is 4.38. The van der Waals surface area contributed by atoms with Crippen LogP contribution in [0.5, 0.6) is 0 Å². The van der Waals surface area contributed by atoms with E-state index in [1.54, 1.807) is 23.9 Å². The summed E-state index contributed by atoms with van der Waals surface area (Å²) >= 11 is 1.64. The lowest BCUT2D eigenvalue weighted by atomic mass is 10.1. The van der Waals surface area contributed by atoms with Crippen molar-refractivity contribution in [1.82, 2.24) is 0 Å². The molecule has 0 aromatic heterocycles. The summed E-state index contributed by atoms with van der Waals surface area (Å²) in [6, 6.07) is 5.41. The predicted molar refractivity (Wildman–Crippen MR) is 70.7 cm³/mol. The summed E-state index contributed by atoms with van der Waals surface area (Å²) in [5.41, 5.74) is 6.89. The highest BCUT2D eigenvalue weighted by Gasteiger charge is 2.23. The summed E-state index contributed by atoms with van der Waals surface area (Å²) in [6.07, 6.45) is 1.04. The van der Waals surface area contributed by atoms with Gasteiger partial charge in [-0.25, -0.2) is 0 Å². The van der Waals surface area contributed by atoms with E-state index in [0.717, 1.165) is 17.1 Å². The van der Waals surface area contributed by atoms with Crippen molar-refractivity contribution < 1.29 is 8.42 Å². The first-order valence-electron chi connectivity index (χ1n) is 5.18. The van der Waals surface area contributed by atoms with Gasteiger partial charge in [0.2, 0.25) is 0 Å². The molecule has 7 heteroatoms. The molecule has 0 saturated carbocycles. The molecule has 0 aliphatic carbocycles. The van der Waals surface area contributed by atoms with E-state index >= 15 is 0 Å². The van der Waals surface area contributed by atoms with Crippen LogP contribution in [0.1, 0.15) is 18.9 Å². The average molecular weight is 271 g/mol. The van der Waals surface area contributed by atoms with Gasteiger partial charge in [-0.15, -0.1) is 16.2 Å². The largest absolute Gasteiger partial charge is 0.382 e. The molecule has 92 valence electrons. The van der Waals surface area contributed by atoms with Gasteiger partial charge in [0, 0.05) is 4.90 Å². The third kappa shape index (κ3) is 2.55. The monoisotopic (exact) mass is 271 g/mol. The predicted octanol–water partition coefficient (Wildman–Crippen LogP) is 1.56. The molecule has 3 N–H and O–H groups in total. The SMILES string of the molecule is CCCSc1cccc2c1C(N)=NS(=O)(=O)N2. The molecule has 0 atom stereocenters. The lowest BCUT2D eigenvalue weighted by molar-refractivity contribution is 0.602. The van der Waals surface area contributed by atoms with Crippen LogP contribution >= 0.6 is 11.8 Å². The van der Waals surface area contributed by atoms with Crippen molar-refractivity contribution >= 4 is 33.5 Å². The summed E-state index contributed by atoms with van der Waals surface area (Å²) < 4.78 is 28.6. The Labute approximate surface area is 105 Å². The molecule has 0 bridgehead atoms. The average Bonchev–Trinajstić information content (AvgIpc) is 2.23. The van der Waals surface area contributed by atoms with Gasteiger partial charge in [0.25, 0.3) is 0 Å². The Bertz CT molecular complexity index is 567. The zero-order chi connectivity index (χ0) is 12.5. The maximum atomic E-state index is 11.4. The van der Waals surface area contributed by atoms with Gasteiger partial charge in [-0.1, -0.05) is 13.0 Å². The van der Waals surface area contributed by atoms with Gasteiger partial charge in [0.1, 0.15) is 5.84 Å². The van der Waals surface area contributed by atoms with Crippen LogP contribution in [0.15, 0.2) is 27.5 Å². The molecule has 0 unspecified atom stereocenters. The zero-order valence-electron chi connectivity index (χ0n) is 9.30. The van der Waals surface area contributed by atoms with E-state index in [2.05, 4.69) is 16.0 Å². The molecule has 0 fully saturated rings. The molecule has 1 heterocycles. The highest BCUT2D eigenvalue weighted by atomic mass is 32.2. The Morgan fingerprint density at radius 3 is 2.94 bits per heavy atom. The van der Waals surface area contributed by atoms with Crippen molar-refractivity contribution in [3.63, 3.8) is 0 Å². The normalized spacial score (nSPS) is 16.9. The molecule has 1 aromatic carbocycles. The van der Waals surface area contributed by atoms with Crippen molar-refractivity contribution in [2.45, 2.75) is 18.2 Å². The summed E-state index contributed by atoms with van der Waals surface area (Å²) in [5.74, 6) is 1.01. The molecule has 5 nitrogen and oxygen atoms in total. The highest BCUT2D eigenvalue weighted by Crippen LogP contribution is 2.31. The van der Waals surface area contributed by atoms with Gasteiger partial charge >= 0.3 is 10.2 Å². The van der Waals surface area contributed by atoms with Crippen LogP contribution in [0.25, 0.3) is 0 Å². The van der Waals surface area contributed by atoms with Crippen LogP contribution < -0.4 is 10.5 Å². The number of amidine groups is 1. The maximum absolute atomic E-state index is 11.4. The molecule has 1 aliphatic heterocycles. The van der Waals surface area contributed by atoms with Gasteiger partial charge in [-0.2, -0.15) is 8.42 Å². The fourth-order valence-corrected chi connectivity index (χ4v) is 3.35. The molecule has 0 spiro atoms. The second-order valence-electron chi connectivity index (χ2n) is 3.58. The minimum absolute atomic E-state index is 0.0537. The Balaban J connectivity index is 2.49. The number of fused-ring (bicyclic) bond motifs is 1. The molecule has 0 radical (unpaired) electrons. The van der Waals surface area contributed by atoms with Crippen LogP contribution in [0.4, 0.5) is 5.69 Å². The standard InChI is InChI=1S/C10H13N3O2S2/c1-2-6-16-8-5-3-4-7-9(8)10(11)13-17(14,15)12-7/h3-5,12H,2,6H2,1H3,(H2,11,13). The fourth-order valence-electron chi connectivity index (χ4n) is 1.55. The Morgan fingerprint density at radius 1 is 1.47 bits per heavy atom. The first-order chi connectivity index (χ1) is 8.03. The Kier molecular flexibility index (Phi) is 3.30. The summed E-state index contributed by atoms with van der Waals surface area (Å²) in [5, 5.41) is 0. The van der Waals surface area contributed by atoms with E-state index in [4.69, 9.17) is 5.73 Å². The lowest BCUT2D eigenvalue weighted by Crippen LogP contribution is -2.26. The third-order valence-electron chi connectivity index (χ3n) is 2.20. The van der Waals surface area contributed by atoms with Crippen LogP contribution in [0.3, 0.4) is 0 Å². The molecule has 1 aliphatic rings. The van der Waals surface area contributed by atoms with Crippen LogP contribution in [0.2, 0.25) is 0 Å². The van der Waals surface area contributed by atoms with Gasteiger partial charge < -0.3 is 5.73 Å². The maximum Gasteiger partial charge on any atom is 0.344 e. The minimum Gasteiger partial charge on any atom is -0.382 e. The summed E-state index contributed by atoms with van der Waals surface area (Å²) in [7, 11) is -3.68. The van der Waals surface area contributed by atoms with E-state index < -0.39 is 10.2 Å². The fraction of sp³-hybridized carbons (Fsp3) is 0.300. The first kappa shape index (κ1) is 12.3. The second kappa shape index (κ2) is 4.58. The Morgan fingerprint density at radius 2 is 2.24 bits per heavy atom. The number of rotatable bonds is 3. The van der Waals surface area contributed by atoms with E-state index in [-0.39, 0.29) is 5.84 Å². The quantitative estimate of drug-likeness (QED) is 0.817. The van der Waals surface area contributed by atoms with Gasteiger partial charge in [-0.05, 0) is 24.3 Å². The van der Waals surface area contributed by atoms with Crippen molar-refractivity contribution in [2.75, 3.05) is 10.5 Å². The van der Waals surface area contributed by atoms with Gasteiger partial charge in [0.05, 0.1) is 11.3 Å². The van der Waals surface area contributed by atoms with Crippen LogP contribution in [-0.4, -0.2) is 20.0 Å². The number of nitrogens with zero attached hydrogens (tertiary/aromatic N) is 1. The molecule has 0 saturated heterocycles. The number of thioether (sulfide) groups is 1. The van der Waals surface area contributed by atoms with E-state index in [9.17, 15) is 8.42 Å². The molecule has 2 rings (SSSR count). The molecular weight excluding hydrogens is 258 g/mol. The molecule has 17 heavy (non-hydrogen) atoms. The van der Waals surface area contributed by atoms with Gasteiger partial charge in [0.15, 0.2) is 0 Å². The van der Waals surface area contributed by atoms with E-state index in [1.165, 1.54) is 0 Å². The number of nitrogens with one attached hydrogen (secondary N) is 1. The minimum atomic E-state index is -3.68. The molecule has 0 amide bonds. The Hall–Kier alpha value is -1.21. The number of anilines is 1. The van der Waals surface area contributed by atoms with Crippen LogP contribution in [0, 0.1) is 0 Å². The van der Waals surface area contributed by atoms with Crippen molar-refractivity contribution in [2.24, 2.45) is 10.1 Å². The van der Waals surface area contributed by atoms with Crippen LogP contribution in [-0.2, 0) is 10.2 Å². The second-order valence-corrected chi connectivity index (χ2v) is 6.05. The van der Waals surface area contributed by atoms with Gasteiger partial charge in [-0.3, -0.25) is 4.72 Å². The van der Waals surface area contributed by atoms with E-state index in [1.807, 2.05) is 6.07 Å². The smallest absolute Gasteiger partial charge is 0.344 e. The van der Waals surface area contributed by atoms with Crippen molar-refractivity contribution in [3.05, 3.63) is 23.8 Å². The molecule has 1 aromatic rings. The number of hydrogen-bond donors (Lipinski definition) is 2. The summed E-state index contributed by atoms with van der Waals surface area (Å²) in [6.45, 7) is 2.09. The summed E-state index contributed by atoms with van der Waals surface area (Å²) in [4.78, 5) is 0.952. The first-order valence-corrected chi connectivity index (χ1v) is 7.60. The zero-order valence-corrected chi connectivity index (χ0v) is 10.9.